The highest BCUT2D eigenvalue weighted by atomic mass is 16.2. The summed E-state index contributed by atoms with van der Waals surface area (Å²) in [6.45, 7) is 3.80. The summed E-state index contributed by atoms with van der Waals surface area (Å²) in [6, 6.07) is 3.72. The number of carbonyl (C=O) groups excluding carboxylic acids is 1. The molecule has 1 N–H and O–H groups in total. The van der Waals surface area contributed by atoms with Crippen molar-refractivity contribution in [3.05, 3.63) is 35.8 Å². The van der Waals surface area contributed by atoms with Gasteiger partial charge in [-0.1, -0.05) is 0 Å². The van der Waals surface area contributed by atoms with Crippen molar-refractivity contribution in [2.24, 2.45) is 5.92 Å². The van der Waals surface area contributed by atoms with E-state index in [1.165, 1.54) is 0 Å². The van der Waals surface area contributed by atoms with E-state index in [2.05, 4.69) is 4.98 Å². The Kier molecular flexibility index (Phi) is 3.92. The molecule has 1 atom stereocenters. The number of aromatic nitrogens is 2. The summed E-state index contributed by atoms with van der Waals surface area (Å²) >= 11 is 0. The fourth-order valence-electron chi connectivity index (χ4n) is 3.06. The molecule has 1 saturated heterocycles. The minimum absolute atomic E-state index is 0.0876. The molecule has 3 heterocycles. The number of fused-ring (bicyclic) bond motifs is 1. The second-order valence-corrected chi connectivity index (χ2v) is 5.83. The van der Waals surface area contributed by atoms with Gasteiger partial charge in [-0.25, -0.2) is 4.98 Å². The summed E-state index contributed by atoms with van der Waals surface area (Å²) in [5.41, 5.74) is 2.47. The molecule has 0 radical (unpaired) electrons. The smallest absolute Gasteiger partial charge is 0.254 e. The van der Waals surface area contributed by atoms with Crippen LogP contribution in [0.15, 0.2) is 24.5 Å². The topological polar surface area (TPSA) is 57.8 Å². The number of aliphatic hydroxyl groups excluding tert-OH is 1. The fourth-order valence-corrected chi connectivity index (χ4v) is 3.06. The first-order chi connectivity index (χ1) is 10.2. The van der Waals surface area contributed by atoms with Crippen molar-refractivity contribution in [2.45, 2.75) is 26.2 Å². The lowest BCUT2D eigenvalue weighted by Crippen LogP contribution is -2.28. The molecule has 1 amide bonds. The number of imidazole rings is 1. The second kappa shape index (κ2) is 5.85. The largest absolute Gasteiger partial charge is 0.396 e. The van der Waals surface area contributed by atoms with Crippen LogP contribution in [0.4, 0.5) is 0 Å². The Morgan fingerprint density at radius 2 is 2.38 bits per heavy atom. The molecule has 112 valence electrons. The van der Waals surface area contributed by atoms with Crippen LogP contribution in [0.3, 0.4) is 0 Å². The van der Waals surface area contributed by atoms with Gasteiger partial charge >= 0.3 is 0 Å². The van der Waals surface area contributed by atoms with Crippen molar-refractivity contribution >= 4 is 11.6 Å². The zero-order valence-corrected chi connectivity index (χ0v) is 12.3. The molecule has 0 spiro atoms. The number of pyridine rings is 1. The van der Waals surface area contributed by atoms with Crippen LogP contribution >= 0.6 is 0 Å². The summed E-state index contributed by atoms with van der Waals surface area (Å²) in [5.74, 6) is 0.614. The molecule has 1 aliphatic rings. The lowest BCUT2D eigenvalue weighted by molar-refractivity contribution is 0.0786. The van der Waals surface area contributed by atoms with E-state index in [4.69, 9.17) is 5.11 Å². The number of carbonyl (C=O) groups is 1. The molecule has 5 heteroatoms. The average Bonchev–Trinajstić information content (AvgIpc) is 3.08. The van der Waals surface area contributed by atoms with E-state index in [-0.39, 0.29) is 12.5 Å². The van der Waals surface area contributed by atoms with E-state index in [9.17, 15) is 4.79 Å². The Labute approximate surface area is 124 Å². The minimum atomic E-state index is 0.0876. The summed E-state index contributed by atoms with van der Waals surface area (Å²) in [4.78, 5) is 18.9. The number of rotatable bonds is 4. The third-order valence-electron chi connectivity index (χ3n) is 4.17. The molecule has 2 aromatic heterocycles. The molecule has 0 bridgehead atoms. The Morgan fingerprint density at radius 3 is 3.19 bits per heavy atom. The highest BCUT2D eigenvalue weighted by Gasteiger charge is 2.26. The lowest BCUT2D eigenvalue weighted by Gasteiger charge is -2.16. The standard InChI is InChI=1S/C16H21N3O2/c1-12-10-18-7-5-14(9-15(18)17-12)16(21)19-6-4-13(11-19)3-2-8-20/h5,7,9-10,13,20H,2-4,6,8,11H2,1H3. The first kappa shape index (κ1) is 14.1. The molecule has 3 rings (SSSR count). The quantitative estimate of drug-likeness (QED) is 0.934. The van der Waals surface area contributed by atoms with Gasteiger partial charge in [0.2, 0.25) is 0 Å². The third kappa shape index (κ3) is 2.93. The predicted molar refractivity (Wildman–Crippen MR) is 80.3 cm³/mol. The zero-order valence-electron chi connectivity index (χ0n) is 12.3. The molecular formula is C16H21N3O2. The lowest BCUT2D eigenvalue weighted by atomic mass is 10.0. The molecule has 1 unspecified atom stereocenters. The third-order valence-corrected chi connectivity index (χ3v) is 4.17. The summed E-state index contributed by atoms with van der Waals surface area (Å²) in [6.07, 6.45) is 6.70. The van der Waals surface area contributed by atoms with Crippen molar-refractivity contribution in [2.75, 3.05) is 19.7 Å². The molecule has 5 nitrogen and oxygen atoms in total. The van der Waals surface area contributed by atoms with Gasteiger partial charge in [-0.15, -0.1) is 0 Å². The molecule has 1 fully saturated rings. The maximum absolute atomic E-state index is 12.6. The van der Waals surface area contributed by atoms with Crippen LogP contribution in [0.5, 0.6) is 0 Å². The maximum atomic E-state index is 12.6. The van der Waals surface area contributed by atoms with Gasteiger partial charge in [0.05, 0.1) is 5.69 Å². The number of aryl methyl sites for hydroxylation is 1. The summed E-state index contributed by atoms with van der Waals surface area (Å²) in [7, 11) is 0. The van der Waals surface area contributed by atoms with Crippen LogP contribution in [0.2, 0.25) is 0 Å². The highest BCUT2D eigenvalue weighted by Crippen LogP contribution is 2.22. The van der Waals surface area contributed by atoms with E-state index < -0.39 is 0 Å². The summed E-state index contributed by atoms with van der Waals surface area (Å²) in [5, 5.41) is 8.89. The molecule has 1 aliphatic heterocycles. The first-order valence-electron chi connectivity index (χ1n) is 7.53. The van der Waals surface area contributed by atoms with Gasteiger partial charge in [0.15, 0.2) is 0 Å². The maximum Gasteiger partial charge on any atom is 0.254 e. The second-order valence-electron chi connectivity index (χ2n) is 5.83. The van der Waals surface area contributed by atoms with Gasteiger partial charge < -0.3 is 14.4 Å². The van der Waals surface area contributed by atoms with Crippen molar-refractivity contribution in [3.8, 4) is 0 Å². The number of nitrogens with zero attached hydrogens (tertiary/aromatic N) is 3. The Balaban J connectivity index is 1.72. The summed E-state index contributed by atoms with van der Waals surface area (Å²) < 4.78 is 1.93. The van der Waals surface area contributed by atoms with E-state index in [0.717, 1.165) is 43.7 Å². The number of likely N-dealkylation sites (tertiary alicyclic amines) is 1. The van der Waals surface area contributed by atoms with Crippen molar-refractivity contribution in [3.63, 3.8) is 0 Å². The zero-order chi connectivity index (χ0) is 14.8. The van der Waals surface area contributed by atoms with E-state index in [1.807, 2.05) is 40.8 Å². The van der Waals surface area contributed by atoms with Crippen molar-refractivity contribution in [1.29, 1.82) is 0 Å². The number of hydrogen-bond acceptors (Lipinski definition) is 3. The van der Waals surface area contributed by atoms with Gasteiger partial charge in [-0.05, 0) is 44.2 Å². The molecule has 21 heavy (non-hydrogen) atoms. The average molecular weight is 287 g/mol. The minimum Gasteiger partial charge on any atom is -0.396 e. The molecule has 0 saturated carbocycles. The number of hydrogen-bond donors (Lipinski definition) is 1. The van der Waals surface area contributed by atoms with E-state index in [0.29, 0.717) is 11.5 Å². The normalized spacial score (nSPS) is 18.6. The SMILES string of the molecule is Cc1cn2ccc(C(=O)N3CCC(CCCO)C3)cc2n1. The van der Waals surface area contributed by atoms with Gasteiger partial charge in [-0.2, -0.15) is 0 Å². The number of amides is 1. The van der Waals surface area contributed by atoms with Gasteiger partial charge in [-0.3, -0.25) is 4.79 Å². The first-order valence-corrected chi connectivity index (χ1v) is 7.53. The predicted octanol–water partition coefficient (Wildman–Crippen LogP) is 1.88. The van der Waals surface area contributed by atoms with Crippen molar-refractivity contribution < 1.29 is 9.90 Å². The Hall–Kier alpha value is -1.88. The van der Waals surface area contributed by atoms with Crippen LogP contribution in [0.25, 0.3) is 5.65 Å². The van der Waals surface area contributed by atoms with Crippen LogP contribution < -0.4 is 0 Å². The fraction of sp³-hybridized carbons (Fsp3) is 0.500. The molecule has 0 aliphatic carbocycles. The van der Waals surface area contributed by atoms with Crippen LogP contribution in [-0.4, -0.2) is 45.0 Å². The highest BCUT2D eigenvalue weighted by molar-refractivity contribution is 5.95. The van der Waals surface area contributed by atoms with Crippen LogP contribution in [-0.2, 0) is 0 Å². The Bertz CT molecular complexity index is 650. The Morgan fingerprint density at radius 1 is 1.52 bits per heavy atom. The molecule has 0 aromatic carbocycles. The number of aliphatic hydroxyl groups is 1. The van der Waals surface area contributed by atoms with Gasteiger partial charge in [0, 0.05) is 37.7 Å². The monoisotopic (exact) mass is 287 g/mol. The van der Waals surface area contributed by atoms with Gasteiger partial charge in [0.25, 0.3) is 5.91 Å². The van der Waals surface area contributed by atoms with E-state index >= 15 is 0 Å². The van der Waals surface area contributed by atoms with Gasteiger partial charge in [0.1, 0.15) is 5.65 Å². The van der Waals surface area contributed by atoms with Crippen LogP contribution in [0.1, 0.15) is 35.3 Å². The molecule has 2 aromatic rings. The van der Waals surface area contributed by atoms with Crippen LogP contribution in [0, 0.1) is 12.8 Å². The van der Waals surface area contributed by atoms with E-state index in [1.54, 1.807) is 0 Å². The van der Waals surface area contributed by atoms with Crippen molar-refractivity contribution in [1.82, 2.24) is 14.3 Å². The molecular weight excluding hydrogens is 266 g/mol.